The average molecular weight is 310 g/mol. The molecule has 2 aromatic carbocycles. The topological polar surface area (TPSA) is 46.3 Å². The third-order valence-electron chi connectivity index (χ3n) is 4.60. The van der Waals surface area contributed by atoms with Gasteiger partial charge in [0.05, 0.1) is 0 Å². The Hall–Kier alpha value is -2.13. The van der Waals surface area contributed by atoms with Gasteiger partial charge in [-0.3, -0.25) is 4.79 Å². The van der Waals surface area contributed by atoms with Gasteiger partial charge in [0.2, 0.25) is 0 Å². The molecule has 1 unspecified atom stereocenters. The summed E-state index contributed by atoms with van der Waals surface area (Å²) in [6.45, 7) is 4.90. The third kappa shape index (κ3) is 3.80. The fourth-order valence-electron chi connectivity index (χ4n) is 3.18. The minimum absolute atomic E-state index is 0.0302. The predicted octanol–water partition coefficient (Wildman–Crippen LogP) is 3.45. The van der Waals surface area contributed by atoms with E-state index >= 15 is 0 Å². The largest absolute Gasteiger partial charge is 0.338 e. The Kier molecular flexibility index (Phi) is 5.56. The molecular formula is C20H26N2O. The maximum absolute atomic E-state index is 12.8. The Morgan fingerprint density at radius 1 is 1.04 bits per heavy atom. The highest BCUT2D eigenvalue weighted by Crippen LogP contribution is 2.32. The molecule has 0 radical (unpaired) electrons. The van der Waals surface area contributed by atoms with E-state index in [4.69, 9.17) is 5.73 Å². The van der Waals surface area contributed by atoms with Gasteiger partial charge in [-0.2, -0.15) is 0 Å². The monoisotopic (exact) mass is 310 g/mol. The highest BCUT2D eigenvalue weighted by molar-refractivity contribution is 5.94. The van der Waals surface area contributed by atoms with Crippen molar-refractivity contribution < 1.29 is 4.79 Å². The first kappa shape index (κ1) is 17.2. The van der Waals surface area contributed by atoms with Crippen LogP contribution in [0, 0.1) is 0 Å². The van der Waals surface area contributed by atoms with Gasteiger partial charge in [0.15, 0.2) is 0 Å². The molecule has 0 aliphatic heterocycles. The van der Waals surface area contributed by atoms with Crippen LogP contribution in [0.4, 0.5) is 0 Å². The lowest BCUT2D eigenvalue weighted by Gasteiger charge is -2.41. The number of likely N-dealkylation sites (N-methyl/N-ethyl adjacent to an activating group) is 1. The van der Waals surface area contributed by atoms with E-state index in [1.54, 1.807) is 0 Å². The maximum Gasteiger partial charge on any atom is 0.253 e. The van der Waals surface area contributed by atoms with Crippen LogP contribution >= 0.6 is 0 Å². The van der Waals surface area contributed by atoms with E-state index < -0.39 is 0 Å². The molecule has 0 saturated heterocycles. The van der Waals surface area contributed by atoms with Gasteiger partial charge in [-0.05, 0) is 30.7 Å². The fourth-order valence-corrected chi connectivity index (χ4v) is 3.18. The molecule has 0 saturated carbocycles. The molecule has 3 heteroatoms. The second-order valence-electron chi connectivity index (χ2n) is 6.46. The van der Waals surface area contributed by atoms with Gasteiger partial charge in [0.25, 0.3) is 5.91 Å². The highest BCUT2D eigenvalue weighted by Gasteiger charge is 2.35. The summed E-state index contributed by atoms with van der Waals surface area (Å²) < 4.78 is 0. The minimum Gasteiger partial charge on any atom is -0.338 e. The number of nitrogens with two attached hydrogens (primary N) is 1. The molecule has 0 heterocycles. The predicted molar refractivity (Wildman–Crippen MR) is 95.5 cm³/mol. The quantitative estimate of drug-likeness (QED) is 0.888. The number of carbonyl (C=O) groups excluding carboxylic acids is 1. The summed E-state index contributed by atoms with van der Waals surface area (Å²) in [6, 6.07) is 19.8. The van der Waals surface area contributed by atoms with Gasteiger partial charge < -0.3 is 10.6 Å². The van der Waals surface area contributed by atoms with Gasteiger partial charge in [-0.1, -0.05) is 62.4 Å². The summed E-state index contributed by atoms with van der Waals surface area (Å²) in [5, 5.41) is 0. The van der Waals surface area contributed by atoms with Gasteiger partial charge in [-0.25, -0.2) is 0 Å². The molecule has 23 heavy (non-hydrogen) atoms. The van der Waals surface area contributed by atoms with E-state index in [-0.39, 0.29) is 17.4 Å². The molecule has 0 aliphatic carbocycles. The van der Waals surface area contributed by atoms with E-state index in [0.29, 0.717) is 12.1 Å². The van der Waals surface area contributed by atoms with Gasteiger partial charge in [0.1, 0.15) is 0 Å². The molecule has 1 atom stereocenters. The molecular weight excluding hydrogens is 284 g/mol. The van der Waals surface area contributed by atoms with Crippen molar-refractivity contribution in [3.8, 4) is 0 Å². The lowest BCUT2D eigenvalue weighted by Crippen LogP contribution is -2.49. The molecule has 1 amide bonds. The molecule has 2 aromatic rings. The lowest BCUT2D eigenvalue weighted by atomic mass is 9.75. The Morgan fingerprint density at radius 2 is 1.57 bits per heavy atom. The summed E-state index contributed by atoms with van der Waals surface area (Å²) in [5.74, 6) is 0.0352. The van der Waals surface area contributed by atoms with E-state index in [2.05, 4.69) is 26.0 Å². The first-order valence-electron chi connectivity index (χ1n) is 8.06. The van der Waals surface area contributed by atoms with Crippen molar-refractivity contribution in [1.29, 1.82) is 0 Å². The summed E-state index contributed by atoms with van der Waals surface area (Å²) in [7, 11) is 1.88. The van der Waals surface area contributed by atoms with Crippen molar-refractivity contribution in [2.45, 2.75) is 31.7 Å². The first-order valence-corrected chi connectivity index (χ1v) is 8.06. The molecule has 2 N–H and O–H groups in total. The van der Waals surface area contributed by atoms with E-state index in [9.17, 15) is 4.79 Å². The molecule has 0 aromatic heterocycles. The molecule has 0 fully saturated rings. The normalized spacial score (nSPS) is 12.7. The van der Waals surface area contributed by atoms with Crippen LogP contribution < -0.4 is 5.73 Å². The zero-order chi connectivity index (χ0) is 16.9. The standard InChI is InChI=1S/C20H26N2O/c1-20(2,17-12-8-5-9-13-17)18(14-15-21)22(3)19(23)16-10-6-4-7-11-16/h4-13,18H,14-15,21H2,1-3H3. The van der Waals surface area contributed by atoms with Gasteiger partial charge >= 0.3 is 0 Å². The SMILES string of the molecule is CN(C(=O)c1ccccc1)C(CCN)C(C)(C)c1ccccc1. The number of benzene rings is 2. The summed E-state index contributed by atoms with van der Waals surface area (Å²) in [6.07, 6.45) is 0.761. The van der Waals surface area contributed by atoms with Crippen molar-refractivity contribution in [3.05, 3.63) is 71.8 Å². The van der Waals surface area contributed by atoms with Gasteiger partial charge in [0, 0.05) is 24.1 Å². The Labute approximate surface area is 139 Å². The first-order chi connectivity index (χ1) is 11.0. The number of hydrogen-bond donors (Lipinski definition) is 1. The smallest absolute Gasteiger partial charge is 0.253 e. The second-order valence-corrected chi connectivity index (χ2v) is 6.46. The lowest BCUT2D eigenvalue weighted by molar-refractivity contribution is 0.0650. The minimum atomic E-state index is -0.181. The van der Waals surface area contributed by atoms with E-state index in [0.717, 1.165) is 6.42 Å². The molecule has 2 rings (SSSR count). The number of rotatable bonds is 6. The molecule has 122 valence electrons. The third-order valence-corrected chi connectivity index (χ3v) is 4.60. The van der Waals surface area contributed by atoms with Crippen molar-refractivity contribution >= 4 is 5.91 Å². The average Bonchev–Trinajstić information content (AvgIpc) is 2.60. The van der Waals surface area contributed by atoms with Crippen molar-refractivity contribution in [2.75, 3.05) is 13.6 Å². The molecule has 0 bridgehead atoms. The van der Waals surface area contributed by atoms with Crippen LogP contribution in [0.5, 0.6) is 0 Å². The Morgan fingerprint density at radius 3 is 2.09 bits per heavy atom. The van der Waals surface area contributed by atoms with Crippen LogP contribution in [0.3, 0.4) is 0 Å². The number of nitrogens with zero attached hydrogens (tertiary/aromatic N) is 1. The molecule has 0 aliphatic rings. The number of hydrogen-bond acceptors (Lipinski definition) is 2. The van der Waals surface area contributed by atoms with Crippen molar-refractivity contribution in [1.82, 2.24) is 4.90 Å². The maximum atomic E-state index is 12.8. The van der Waals surface area contributed by atoms with Gasteiger partial charge in [-0.15, -0.1) is 0 Å². The summed E-state index contributed by atoms with van der Waals surface area (Å²) in [5.41, 5.74) is 7.59. The number of carbonyl (C=O) groups is 1. The highest BCUT2D eigenvalue weighted by atomic mass is 16.2. The summed E-state index contributed by atoms with van der Waals surface area (Å²) in [4.78, 5) is 14.7. The zero-order valence-corrected chi connectivity index (χ0v) is 14.2. The van der Waals surface area contributed by atoms with E-state index in [1.165, 1.54) is 5.56 Å². The van der Waals surface area contributed by atoms with Crippen LogP contribution in [0.25, 0.3) is 0 Å². The summed E-state index contributed by atoms with van der Waals surface area (Å²) >= 11 is 0. The van der Waals surface area contributed by atoms with Crippen LogP contribution in [0.1, 0.15) is 36.2 Å². The second kappa shape index (κ2) is 7.42. The van der Waals surface area contributed by atoms with Crippen LogP contribution in [-0.2, 0) is 5.41 Å². The Balaban J connectivity index is 2.32. The van der Waals surface area contributed by atoms with Crippen molar-refractivity contribution in [3.63, 3.8) is 0 Å². The zero-order valence-electron chi connectivity index (χ0n) is 14.2. The molecule has 0 spiro atoms. The van der Waals surface area contributed by atoms with Crippen molar-refractivity contribution in [2.24, 2.45) is 5.73 Å². The Bertz CT molecular complexity index is 623. The fraction of sp³-hybridized carbons (Fsp3) is 0.350. The van der Waals surface area contributed by atoms with Crippen LogP contribution in [0.2, 0.25) is 0 Å². The molecule has 3 nitrogen and oxygen atoms in total. The number of amides is 1. The van der Waals surface area contributed by atoms with Crippen LogP contribution in [-0.4, -0.2) is 30.4 Å². The van der Waals surface area contributed by atoms with E-state index in [1.807, 2.05) is 60.5 Å². The van der Waals surface area contributed by atoms with Crippen LogP contribution in [0.15, 0.2) is 60.7 Å².